The lowest BCUT2D eigenvalue weighted by Crippen LogP contribution is -2.45. The minimum absolute atomic E-state index is 0.141. The van der Waals surface area contributed by atoms with E-state index in [9.17, 15) is 13.5 Å². The van der Waals surface area contributed by atoms with Crippen LogP contribution in [-0.2, 0) is 17.1 Å². The summed E-state index contributed by atoms with van der Waals surface area (Å²) in [5.74, 6) is 0.141. The van der Waals surface area contributed by atoms with Crippen molar-refractivity contribution >= 4 is 10.0 Å². The van der Waals surface area contributed by atoms with Crippen LogP contribution in [0, 0.1) is 19.8 Å². The fraction of sp³-hybridized carbons (Fsp3) is 0.750. The van der Waals surface area contributed by atoms with E-state index in [2.05, 4.69) is 5.10 Å². The summed E-state index contributed by atoms with van der Waals surface area (Å²) >= 11 is 0. The van der Waals surface area contributed by atoms with Crippen LogP contribution in [0.5, 0.6) is 0 Å². The SMILES string of the molecule is Cc1nn(C)c(C)c1S(=O)(=O)N1CCC(C)C(O)C1. The Hall–Kier alpha value is -0.920. The van der Waals surface area contributed by atoms with Crippen molar-refractivity contribution in [2.24, 2.45) is 13.0 Å². The van der Waals surface area contributed by atoms with Gasteiger partial charge in [0.15, 0.2) is 0 Å². The highest BCUT2D eigenvalue weighted by atomic mass is 32.2. The van der Waals surface area contributed by atoms with E-state index in [1.54, 1.807) is 25.6 Å². The molecule has 0 radical (unpaired) electrons. The highest BCUT2D eigenvalue weighted by molar-refractivity contribution is 7.89. The number of aliphatic hydroxyl groups is 1. The molecule has 1 aromatic heterocycles. The zero-order chi connectivity index (χ0) is 14.4. The van der Waals surface area contributed by atoms with Crippen molar-refractivity contribution in [3.63, 3.8) is 0 Å². The molecule has 1 aliphatic rings. The quantitative estimate of drug-likeness (QED) is 0.856. The van der Waals surface area contributed by atoms with E-state index in [0.29, 0.717) is 24.4 Å². The van der Waals surface area contributed by atoms with Gasteiger partial charge in [0.05, 0.1) is 17.5 Å². The number of aliphatic hydroxyl groups excluding tert-OH is 1. The molecule has 1 aliphatic heterocycles. The van der Waals surface area contributed by atoms with Gasteiger partial charge in [0.25, 0.3) is 0 Å². The van der Waals surface area contributed by atoms with Crippen molar-refractivity contribution in [3.05, 3.63) is 11.4 Å². The molecule has 1 N–H and O–H groups in total. The minimum atomic E-state index is -3.57. The lowest BCUT2D eigenvalue weighted by atomic mass is 9.98. The Morgan fingerprint density at radius 1 is 1.37 bits per heavy atom. The first-order chi connectivity index (χ1) is 8.75. The summed E-state index contributed by atoms with van der Waals surface area (Å²) in [4.78, 5) is 0.275. The number of rotatable bonds is 2. The summed E-state index contributed by atoms with van der Waals surface area (Å²) in [6, 6.07) is 0. The van der Waals surface area contributed by atoms with Gasteiger partial charge in [-0.2, -0.15) is 9.40 Å². The van der Waals surface area contributed by atoms with Crippen LogP contribution in [0.25, 0.3) is 0 Å². The van der Waals surface area contributed by atoms with Gasteiger partial charge in [-0.1, -0.05) is 6.92 Å². The molecule has 7 heteroatoms. The van der Waals surface area contributed by atoms with Crippen LogP contribution in [0.15, 0.2) is 4.90 Å². The standard InChI is InChI=1S/C12H21N3O3S/c1-8-5-6-15(7-11(8)16)19(17,18)12-9(2)13-14(4)10(12)3/h8,11,16H,5-7H2,1-4H3. The number of piperidine rings is 1. The van der Waals surface area contributed by atoms with Crippen LogP contribution in [0.1, 0.15) is 24.7 Å². The predicted octanol–water partition coefficient (Wildman–Crippen LogP) is 0.428. The van der Waals surface area contributed by atoms with Gasteiger partial charge < -0.3 is 5.11 Å². The van der Waals surface area contributed by atoms with Gasteiger partial charge in [-0.15, -0.1) is 0 Å². The van der Waals surface area contributed by atoms with E-state index in [4.69, 9.17) is 0 Å². The van der Waals surface area contributed by atoms with Crippen LogP contribution in [0.3, 0.4) is 0 Å². The average Bonchev–Trinajstić information content (AvgIpc) is 2.57. The van der Waals surface area contributed by atoms with Gasteiger partial charge in [-0.05, 0) is 26.2 Å². The molecule has 1 saturated heterocycles. The molecule has 2 atom stereocenters. The molecule has 2 rings (SSSR count). The van der Waals surface area contributed by atoms with Crippen molar-refractivity contribution in [1.29, 1.82) is 0 Å². The molecular formula is C12H21N3O3S. The smallest absolute Gasteiger partial charge is 0.246 e. The molecule has 1 aromatic rings. The summed E-state index contributed by atoms with van der Waals surface area (Å²) in [6.07, 6.45) is 0.0828. The molecule has 0 amide bonds. The molecule has 108 valence electrons. The maximum absolute atomic E-state index is 12.7. The van der Waals surface area contributed by atoms with Gasteiger partial charge in [-0.3, -0.25) is 4.68 Å². The first-order valence-electron chi connectivity index (χ1n) is 6.43. The topological polar surface area (TPSA) is 75.4 Å². The van der Waals surface area contributed by atoms with Crippen LogP contribution in [0.2, 0.25) is 0 Å². The summed E-state index contributed by atoms with van der Waals surface area (Å²) in [7, 11) is -1.84. The molecule has 1 fully saturated rings. The molecule has 2 unspecified atom stereocenters. The minimum Gasteiger partial charge on any atom is -0.391 e. The maximum atomic E-state index is 12.7. The third-order valence-electron chi connectivity index (χ3n) is 3.92. The van der Waals surface area contributed by atoms with Gasteiger partial charge in [0, 0.05) is 20.1 Å². The summed E-state index contributed by atoms with van der Waals surface area (Å²) in [5.41, 5.74) is 1.14. The predicted molar refractivity (Wildman–Crippen MR) is 71.2 cm³/mol. The zero-order valence-electron chi connectivity index (χ0n) is 11.8. The molecular weight excluding hydrogens is 266 g/mol. The second-order valence-electron chi connectivity index (χ2n) is 5.32. The third-order valence-corrected chi connectivity index (χ3v) is 6.04. The van der Waals surface area contributed by atoms with Crippen LogP contribution in [0.4, 0.5) is 0 Å². The van der Waals surface area contributed by atoms with Crippen molar-refractivity contribution in [2.75, 3.05) is 13.1 Å². The van der Waals surface area contributed by atoms with Crippen molar-refractivity contribution in [3.8, 4) is 0 Å². The van der Waals surface area contributed by atoms with E-state index in [-0.39, 0.29) is 17.4 Å². The first-order valence-corrected chi connectivity index (χ1v) is 7.87. The Balaban J connectivity index is 2.38. The van der Waals surface area contributed by atoms with Gasteiger partial charge in [-0.25, -0.2) is 8.42 Å². The number of aryl methyl sites for hydroxylation is 2. The lowest BCUT2D eigenvalue weighted by molar-refractivity contribution is 0.0605. The number of sulfonamides is 1. The fourth-order valence-electron chi connectivity index (χ4n) is 2.49. The molecule has 0 aromatic carbocycles. The Labute approximate surface area is 114 Å². The Kier molecular flexibility index (Phi) is 3.72. The molecule has 6 nitrogen and oxygen atoms in total. The van der Waals surface area contributed by atoms with Crippen LogP contribution in [-0.4, -0.2) is 46.8 Å². The van der Waals surface area contributed by atoms with E-state index < -0.39 is 16.1 Å². The normalized spacial score (nSPS) is 25.7. The molecule has 0 saturated carbocycles. The molecule has 0 spiro atoms. The lowest BCUT2D eigenvalue weighted by Gasteiger charge is -2.33. The van der Waals surface area contributed by atoms with Crippen molar-refractivity contribution in [1.82, 2.24) is 14.1 Å². The van der Waals surface area contributed by atoms with Gasteiger partial charge >= 0.3 is 0 Å². The average molecular weight is 287 g/mol. The van der Waals surface area contributed by atoms with Crippen molar-refractivity contribution < 1.29 is 13.5 Å². The zero-order valence-corrected chi connectivity index (χ0v) is 12.6. The highest BCUT2D eigenvalue weighted by Gasteiger charge is 2.35. The Morgan fingerprint density at radius 2 is 2.00 bits per heavy atom. The van der Waals surface area contributed by atoms with E-state index in [1.165, 1.54) is 4.31 Å². The fourth-order valence-corrected chi connectivity index (χ4v) is 4.37. The van der Waals surface area contributed by atoms with E-state index >= 15 is 0 Å². The maximum Gasteiger partial charge on any atom is 0.246 e. The number of hydrogen-bond donors (Lipinski definition) is 1. The molecule has 2 heterocycles. The van der Waals surface area contributed by atoms with Crippen LogP contribution >= 0.6 is 0 Å². The van der Waals surface area contributed by atoms with E-state index in [1.807, 2.05) is 6.92 Å². The second-order valence-corrected chi connectivity index (χ2v) is 7.19. The van der Waals surface area contributed by atoms with Crippen LogP contribution < -0.4 is 0 Å². The number of β-amino-alcohol motifs (C(OH)–C–C–N with tert-alkyl or cyclic N) is 1. The molecule has 0 bridgehead atoms. The summed E-state index contributed by atoms with van der Waals surface area (Å²) < 4.78 is 28.3. The van der Waals surface area contributed by atoms with E-state index in [0.717, 1.165) is 0 Å². The third kappa shape index (κ3) is 2.42. The largest absolute Gasteiger partial charge is 0.391 e. The Morgan fingerprint density at radius 3 is 2.47 bits per heavy atom. The summed E-state index contributed by atoms with van der Waals surface area (Å²) in [6.45, 7) is 6.00. The van der Waals surface area contributed by atoms with Gasteiger partial charge in [0.1, 0.15) is 4.90 Å². The monoisotopic (exact) mass is 287 g/mol. The molecule has 19 heavy (non-hydrogen) atoms. The Bertz CT molecular complexity index is 579. The number of hydrogen-bond acceptors (Lipinski definition) is 4. The van der Waals surface area contributed by atoms with Gasteiger partial charge in [0.2, 0.25) is 10.0 Å². The number of aromatic nitrogens is 2. The first kappa shape index (κ1) is 14.5. The second kappa shape index (κ2) is 4.88. The highest BCUT2D eigenvalue weighted by Crippen LogP contribution is 2.27. The van der Waals surface area contributed by atoms with Crippen molar-refractivity contribution in [2.45, 2.75) is 38.2 Å². The molecule has 0 aliphatic carbocycles. The number of nitrogens with zero attached hydrogens (tertiary/aromatic N) is 3. The summed E-state index contributed by atoms with van der Waals surface area (Å²) in [5, 5.41) is 14.0.